The molecule has 0 spiro atoms. The van der Waals surface area contributed by atoms with E-state index >= 15 is 0 Å². The van der Waals surface area contributed by atoms with E-state index in [-0.39, 0.29) is 37.3 Å². The highest BCUT2D eigenvalue weighted by Gasteiger charge is 2.33. The highest BCUT2D eigenvalue weighted by atomic mass is 35.5. The van der Waals surface area contributed by atoms with Gasteiger partial charge < -0.3 is 24.4 Å². The second-order valence-corrected chi connectivity index (χ2v) is 8.31. The van der Waals surface area contributed by atoms with Crippen molar-refractivity contribution in [3.63, 3.8) is 0 Å². The lowest BCUT2D eigenvalue weighted by molar-refractivity contribution is -0.147. The van der Waals surface area contributed by atoms with E-state index in [9.17, 15) is 15.0 Å². The third-order valence-corrected chi connectivity index (χ3v) is 5.07. The Balaban J connectivity index is 1.71. The molecule has 1 aromatic carbocycles. The van der Waals surface area contributed by atoms with Gasteiger partial charge in [0.15, 0.2) is 0 Å². The van der Waals surface area contributed by atoms with Crippen molar-refractivity contribution in [2.24, 2.45) is 5.92 Å². The van der Waals surface area contributed by atoms with Crippen LogP contribution in [0.2, 0.25) is 5.02 Å². The summed E-state index contributed by atoms with van der Waals surface area (Å²) in [6.45, 7) is 4.04. The standard InChI is InChI=1S/C24H33ClO6/c1-17(2)31-24(28)11-6-4-3-5-10-21-22(27)16-30-23(21)13-12-19(26)15-29-20-9-7-8-18(25)14-20/h3-4,7-9,12-14,17,19,21-23,26-27H,5-6,10-11,15-16H2,1-2H3/t19?,21?,22?,23-/m1/s1. The van der Waals surface area contributed by atoms with E-state index in [2.05, 4.69) is 0 Å². The van der Waals surface area contributed by atoms with Gasteiger partial charge in [-0.05, 0) is 51.3 Å². The van der Waals surface area contributed by atoms with Gasteiger partial charge in [0.05, 0.1) is 24.9 Å². The Hall–Kier alpha value is -1.86. The zero-order valence-corrected chi connectivity index (χ0v) is 18.9. The van der Waals surface area contributed by atoms with Crippen LogP contribution >= 0.6 is 11.6 Å². The molecule has 0 aromatic heterocycles. The van der Waals surface area contributed by atoms with Crippen molar-refractivity contribution in [3.8, 4) is 5.75 Å². The van der Waals surface area contributed by atoms with Gasteiger partial charge in [-0.2, -0.15) is 0 Å². The summed E-state index contributed by atoms with van der Waals surface area (Å²) in [6, 6.07) is 6.99. The largest absolute Gasteiger partial charge is 0.491 e. The summed E-state index contributed by atoms with van der Waals surface area (Å²) >= 11 is 5.92. The fourth-order valence-electron chi connectivity index (χ4n) is 3.31. The number of aliphatic hydroxyl groups excluding tert-OH is 2. The van der Waals surface area contributed by atoms with E-state index in [0.717, 1.165) is 12.8 Å². The second kappa shape index (κ2) is 13.5. The Morgan fingerprint density at radius 1 is 1.32 bits per heavy atom. The molecule has 1 aromatic rings. The molecule has 0 amide bonds. The zero-order chi connectivity index (χ0) is 22.6. The van der Waals surface area contributed by atoms with E-state index < -0.39 is 12.2 Å². The maximum atomic E-state index is 11.5. The van der Waals surface area contributed by atoms with Crippen molar-refractivity contribution < 1.29 is 29.2 Å². The lowest BCUT2D eigenvalue weighted by atomic mass is 9.93. The molecule has 1 aliphatic rings. The minimum Gasteiger partial charge on any atom is -0.491 e. The highest BCUT2D eigenvalue weighted by Crippen LogP contribution is 2.27. The molecule has 0 saturated carbocycles. The average molecular weight is 453 g/mol. The number of carbonyl (C=O) groups is 1. The predicted molar refractivity (Wildman–Crippen MR) is 120 cm³/mol. The second-order valence-electron chi connectivity index (χ2n) is 7.88. The normalized spacial score (nSPS) is 22.5. The predicted octanol–water partition coefficient (Wildman–Crippen LogP) is 4.08. The van der Waals surface area contributed by atoms with Crippen LogP contribution in [0.15, 0.2) is 48.6 Å². The number of allylic oxidation sites excluding steroid dienone is 2. The quantitative estimate of drug-likeness (QED) is 0.367. The minimum absolute atomic E-state index is 0.0483. The molecule has 2 N–H and O–H groups in total. The van der Waals surface area contributed by atoms with Crippen LogP contribution in [0, 0.1) is 5.92 Å². The first kappa shape index (κ1) is 25.4. The van der Waals surface area contributed by atoms with Gasteiger partial charge in [-0.1, -0.05) is 42.0 Å². The zero-order valence-electron chi connectivity index (χ0n) is 18.2. The van der Waals surface area contributed by atoms with Crippen LogP contribution in [0.4, 0.5) is 0 Å². The fraction of sp³-hybridized carbons (Fsp3) is 0.542. The number of aliphatic hydroxyl groups is 2. The Kier molecular flexibility index (Phi) is 11.1. The third kappa shape index (κ3) is 9.87. The van der Waals surface area contributed by atoms with Gasteiger partial charge in [0.25, 0.3) is 0 Å². The monoisotopic (exact) mass is 452 g/mol. The molecule has 0 bridgehead atoms. The summed E-state index contributed by atoms with van der Waals surface area (Å²) in [5, 5.41) is 20.9. The van der Waals surface area contributed by atoms with E-state index in [4.69, 9.17) is 25.8 Å². The summed E-state index contributed by atoms with van der Waals surface area (Å²) in [4.78, 5) is 11.5. The lowest BCUT2D eigenvalue weighted by Crippen LogP contribution is -2.23. The van der Waals surface area contributed by atoms with Gasteiger partial charge >= 0.3 is 5.97 Å². The van der Waals surface area contributed by atoms with Crippen LogP contribution in [-0.4, -0.2) is 53.8 Å². The van der Waals surface area contributed by atoms with Crippen molar-refractivity contribution in [2.75, 3.05) is 13.2 Å². The van der Waals surface area contributed by atoms with Gasteiger partial charge in [-0.25, -0.2) is 0 Å². The van der Waals surface area contributed by atoms with Crippen LogP contribution in [-0.2, 0) is 14.3 Å². The molecule has 1 heterocycles. The fourth-order valence-corrected chi connectivity index (χ4v) is 3.49. The molecule has 1 aliphatic heterocycles. The lowest BCUT2D eigenvalue weighted by Gasteiger charge is -2.17. The number of rotatable bonds is 12. The maximum absolute atomic E-state index is 11.5. The molecule has 1 fully saturated rings. The summed E-state index contributed by atoms with van der Waals surface area (Å²) in [5.74, 6) is 0.352. The smallest absolute Gasteiger partial charge is 0.306 e. The molecular weight excluding hydrogens is 420 g/mol. The number of ether oxygens (including phenoxy) is 3. The minimum atomic E-state index is -0.800. The Morgan fingerprint density at radius 3 is 2.84 bits per heavy atom. The summed E-state index contributed by atoms with van der Waals surface area (Å²) in [6.07, 6.45) is 8.24. The Bertz CT molecular complexity index is 733. The van der Waals surface area contributed by atoms with Crippen molar-refractivity contribution in [1.29, 1.82) is 0 Å². The number of esters is 1. The molecule has 7 heteroatoms. The van der Waals surface area contributed by atoms with Crippen molar-refractivity contribution in [2.45, 2.75) is 63.9 Å². The number of halogens is 1. The van der Waals surface area contributed by atoms with Gasteiger partial charge in [0, 0.05) is 17.4 Å². The van der Waals surface area contributed by atoms with Crippen molar-refractivity contribution in [3.05, 3.63) is 53.6 Å². The van der Waals surface area contributed by atoms with Crippen LogP contribution in [0.3, 0.4) is 0 Å². The van der Waals surface area contributed by atoms with E-state index in [1.165, 1.54) is 0 Å². The highest BCUT2D eigenvalue weighted by molar-refractivity contribution is 6.30. The summed E-state index contributed by atoms with van der Waals surface area (Å²) in [7, 11) is 0. The van der Waals surface area contributed by atoms with Gasteiger partial charge in [0.2, 0.25) is 0 Å². The molecule has 2 rings (SSSR count). The van der Waals surface area contributed by atoms with Crippen LogP contribution < -0.4 is 4.74 Å². The van der Waals surface area contributed by atoms with Gasteiger partial charge in [-0.3, -0.25) is 4.79 Å². The number of carbonyl (C=O) groups excluding carboxylic acids is 1. The maximum Gasteiger partial charge on any atom is 0.306 e. The Labute approximate surface area is 189 Å². The molecule has 0 radical (unpaired) electrons. The number of hydrogen-bond donors (Lipinski definition) is 2. The van der Waals surface area contributed by atoms with E-state index in [0.29, 0.717) is 23.6 Å². The molecule has 31 heavy (non-hydrogen) atoms. The number of hydrogen-bond acceptors (Lipinski definition) is 6. The molecule has 0 aliphatic carbocycles. The number of benzene rings is 1. The van der Waals surface area contributed by atoms with Crippen molar-refractivity contribution >= 4 is 17.6 Å². The Morgan fingerprint density at radius 2 is 2.10 bits per heavy atom. The first-order valence-corrected chi connectivity index (χ1v) is 11.1. The molecule has 172 valence electrons. The first-order chi connectivity index (χ1) is 14.8. The third-order valence-electron chi connectivity index (χ3n) is 4.83. The molecule has 3 unspecified atom stereocenters. The topological polar surface area (TPSA) is 85.2 Å². The van der Waals surface area contributed by atoms with Crippen LogP contribution in [0.1, 0.15) is 39.5 Å². The summed E-state index contributed by atoms with van der Waals surface area (Å²) in [5.41, 5.74) is 0. The van der Waals surface area contributed by atoms with E-state index in [1.54, 1.807) is 36.4 Å². The molecular formula is C24H33ClO6. The SMILES string of the molecule is CC(C)OC(=O)CCC=CCCC1C(O)CO[C@@H]1C=CC(O)COc1cccc(Cl)c1. The van der Waals surface area contributed by atoms with Crippen molar-refractivity contribution in [1.82, 2.24) is 0 Å². The molecule has 6 nitrogen and oxygen atoms in total. The molecule has 1 saturated heterocycles. The van der Waals surface area contributed by atoms with Gasteiger partial charge in [0.1, 0.15) is 18.5 Å². The molecule has 4 atom stereocenters. The van der Waals surface area contributed by atoms with Crippen LogP contribution in [0.25, 0.3) is 0 Å². The van der Waals surface area contributed by atoms with Crippen LogP contribution in [0.5, 0.6) is 5.75 Å². The van der Waals surface area contributed by atoms with Gasteiger partial charge in [-0.15, -0.1) is 0 Å². The summed E-state index contributed by atoms with van der Waals surface area (Å²) < 4.78 is 16.3. The first-order valence-electron chi connectivity index (χ1n) is 10.7. The van der Waals surface area contributed by atoms with E-state index in [1.807, 2.05) is 26.0 Å². The average Bonchev–Trinajstić information content (AvgIpc) is 3.06.